The van der Waals surface area contributed by atoms with Crippen LogP contribution < -0.4 is 4.74 Å². The van der Waals surface area contributed by atoms with Crippen molar-refractivity contribution in [3.8, 4) is 11.4 Å². The Morgan fingerprint density at radius 3 is 2.80 bits per heavy atom. The van der Waals surface area contributed by atoms with Crippen LogP contribution in [0.5, 0.6) is 5.75 Å². The summed E-state index contributed by atoms with van der Waals surface area (Å²) in [4.78, 5) is 2.29. The van der Waals surface area contributed by atoms with E-state index in [9.17, 15) is 0 Å². The van der Waals surface area contributed by atoms with E-state index in [1.165, 1.54) is 0 Å². The van der Waals surface area contributed by atoms with Crippen LogP contribution in [0.1, 0.15) is 24.5 Å². The molecule has 1 saturated heterocycles. The summed E-state index contributed by atoms with van der Waals surface area (Å²) in [5, 5.41) is 0. The summed E-state index contributed by atoms with van der Waals surface area (Å²) in [7, 11) is 0. The second kappa shape index (κ2) is 7.17. The van der Waals surface area contributed by atoms with Gasteiger partial charge in [0.1, 0.15) is 17.7 Å². The number of furan rings is 1. The van der Waals surface area contributed by atoms with Crippen LogP contribution in [0.25, 0.3) is 5.69 Å². The molecule has 1 aliphatic heterocycles. The SMILES string of the molecule is CCOc1ccc(-n2ccc(C3OCCN3Cc3ccco3)c2)cc1. The van der Waals surface area contributed by atoms with Crippen molar-refractivity contribution in [1.82, 2.24) is 9.47 Å². The van der Waals surface area contributed by atoms with Crippen molar-refractivity contribution in [1.29, 1.82) is 0 Å². The Morgan fingerprint density at radius 2 is 2.04 bits per heavy atom. The summed E-state index contributed by atoms with van der Waals surface area (Å²) in [6.45, 7) is 5.06. The van der Waals surface area contributed by atoms with Gasteiger partial charge in [-0.1, -0.05) is 0 Å². The molecule has 1 unspecified atom stereocenters. The molecule has 1 aromatic carbocycles. The van der Waals surface area contributed by atoms with Crippen molar-refractivity contribution in [3.63, 3.8) is 0 Å². The van der Waals surface area contributed by atoms with Gasteiger partial charge in [-0.15, -0.1) is 0 Å². The molecule has 3 aromatic rings. The number of hydrogen-bond donors (Lipinski definition) is 0. The Kier molecular flexibility index (Phi) is 4.59. The van der Waals surface area contributed by atoms with Gasteiger partial charge in [-0.05, 0) is 49.4 Å². The van der Waals surface area contributed by atoms with E-state index < -0.39 is 0 Å². The molecule has 5 heteroatoms. The summed E-state index contributed by atoms with van der Waals surface area (Å²) >= 11 is 0. The van der Waals surface area contributed by atoms with Gasteiger partial charge < -0.3 is 18.5 Å². The predicted molar refractivity (Wildman–Crippen MR) is 94.7 cm³/mol. The van der Waals surface area contributed by atoms with Crippen LogP contribution in [0.4, 0.5) is 0 Å². The summed E-state index contributed by atoms with van der Waals surface area (Å²) < 4.78 is 19.0. The lowest BCUT2D eigenvalue weighted by Crippen LogP contribution is -2.22. The first-order valence-electron chi connectivity index (χ1n) is 8.62. The van der Waals surface area contributed by atoms with Gasteiger partial charge in [-0.3, -0.25) is 4.90 Å². The highest BCUT2D eigenvalue weighted by molar-refractivity contribution is 5.39. The third-order valence-corrected chi connectivity index (χ3v) is 4.37. The van der Waals surface area contributed by atoms with Crippen molar-refractivity contribution in [2.24, 2.45) is 0 Å². The zero-order chi connectivity index (χ0) is 17.1. The molecule has 130 valence electrons. The third-order valence-electron chi connectivity index (χ3n) is 4.37. The Morgan fingerprint density at radius 1 is 1.16 bits per heavy atom. The quantitative estimate of drug-likeness (QED) is 0.681. The van der Waals surface area contributed by atoms with Crippen LogP contribution in [0.3, 0.4) is 0 Å². The molecule has 0 saturated carbocycles. The van der Waals surface area contributed by atoms with Crippen LogP contribution in [0, 0.1) is 0 Å². The average molecular weight is 338 g/mol. The predicted octanol–water partition coefficient (Wildman–Crippen LogP) is 4.00. The molecule has 1 atom stereocenters. The lowest BCUT2D eigenvalue weighted by atomic mass is 10.2. The van der Waals surface area contributed by atoms with Crippen molar-refractivity contribution >= 4 is 0 Å². The molecule has 1 aliphatic rings. The summed E-state index contributed by atoms with van der Waals surface area (Å²) in [5.74, 6) is 1.85. The van der Waals surface area contributed by atoms with Gasteiger partial charge in [-0.2, -0.15) is 0 Å². The van der Waals surface area contributed by atoms with E-state index in [1.54, 1.807) is 6.26 Å². The minimum absolute atomic E-state index is 0.0333. The van der Waals surface area contributed by atoms with Gasteiger partial charge in [0.25, 0.3) is 0 Å². The van der Waals surface area contributed by atoms with Gasteiger partial charge >= 0.3 is 0 Å². The average Bonchev–Trinajstić information content (AvgIpc) is 3.37. The summed E-state index contributed by atoms with van der Waals surface area (Å²) in [5.41, 5.74) is 2.25. The maximum absolute atomic E-state index is 5.95. The highest BCUT2D eigenvalue weighted by Gasteiger charge is 2.28. The molecule has 0 N–H and O–H groups in total. The normalized spacial score (nSPS) is 17.9. The van der Waals surface area contributed by atoms with E-state index in [4.69, 9.17) is 13.9 Å². The lowest BCUT2D eigenvalue weighted by molar-refractivity contribution is 0.0258. The lowest BCUT2D eigenvalue weighted by Gasteiger charge is -2.21. The van der Waals surface area contributed by atoms with E-state index in [0.717, 1.165) is 42.5 Å². The molecular formula is C20H22N2O3. The fourth-order valence-corrected chi connectivity index (χ4v) is 3.18. The molecule has 0 amide bonds. The largest absolute Gasteiger partial charge is 0.494 e. The van der Waals surface area contributed by atoms with E-state index in [2.05, 4.69) is 40.1 Å². The summed E-state index contributed by atoms with van der Waals surface area (Å²) in [6, 6.07) is 14.1. The highest BCUT2D eigenvalue weighted by Crippen LogP contribution is 2.29. The number of hydrogen-bond acceptors (Lipinski definition) is 4. The zero-order valence-electron chi connectivity index (χ0n) is 14.3. The van der Waals surface area contributed by atoms with Gasteiger partial charge in [0.05, 0.1) is 26.0 Å². The van der Waals surface area contributed by atoms with Gasteiger partial charge in [0, 0.05) is 30.2 Å². The Bertz CT molecular complexity index is 793. The van der Waals surface area contributed by atoms with Crippen molar-refractivity contribution < 1.29 is 13.9 Å². The minimum Gasteiger partial charge on any atom is -0.494 e. The molecule has 1 fully saturated rings. The minimum atomic E-state index is -0.0333. The van der Waals surface area contributed by atoms with Gasteiger partial charge in [0.2, 0.25) is 0 Å². The fourth-order valence-electron chi connectivity index (χ4n) is 3.18. The van der Waals surface area contributed by atoms with E-state index in [1.807, 2.05) is 31.2 Å². The second-order valence-electron chi connectivity index (χ2n) is 6.05. The fraction of sp³-hybridized carbons (Fsp3) is 0.300. The maximum atomic E-state index is 5.95. The topological polar surface area (TPSA) is 39.8 Å². The molecule has 3 heterocycles. The van der Waals surface area contributed by atoms with Crippen LogP contribution in [-0.4, -0.2) is 29.2 Å². The van der Waals surface area contributed by atoms with Crippen LogP contribution in [0.15, 0.2) is 65.5 Å². The highest BCUT2D eigenvalue weighted by atomic mass is 16.5. The third kappa shape index (κ3) is 3.48. The zero-order valence-corrected chi connectivity index (χ0v) is 14.3. The molecule has 5 nitrogen and oxygen atoms in total. The van der Waals surface area contributed by atoms with Crippen molar-refractivity contribution in [3.05, 3.63) is 72.4 Å². The molecule has 0 spiro atoms. The van der Waals surface area contributed by atoms with Crippen molar-refractivity contribution in [2.75, 3.05) is 19.8 Å². The van der Waals surface area contributed by atoms with Crippen LogP contribution >= 0.6 is 0 Å². The molecule has 0 radical (unpaired) electrons. The number of aromatic nitrogens is 1. The van der Waals surface area contributed by atoms with Gasteiger partial charge in [-0.25, -0.2) is 0 Å². The first-order chi connectivity index (χ1) is 12.3. The molecule has 4 rings (SSSR count). The number of rotatable bonds is 6. The van der Waals surface area contributed by atoms with E-state index in [-0.39, 0.29) is 6.23 Å². The number of nitrogens with zero attached hydrogens (tertiary/aromatic N) is 2. The maximum Gasteiger partial charge on any atom is 0.138 e. The number of benzene rings is 1. The molecular weight excluding hydrogens is 316 g/mol. The Hall–Kier alpha value is -2.50. The molecule has 0 aliphatic carbocycles. The summed E-state index contributed by atoms with van der Waals surface area (Å²) in [6.07, 6.45) is 5.87. The number of ether oxygens (including phenoxy) is 2. The smallest absolute Gasteiger partial charge is 0.138 e. The standard InChI is InChI=1S/C20H22N2O3/c1-2-23-18-7-5-17(6-8-18)21-10-9-16(14-21)20-22(11-13-25-20)15-19-4-3-12-24-19/h3-10,12,14,20H,2,11,13,15H2,1H3. The van der Waals surface area contributed by atoms with Crippen LogP contribution in [-0.2, 0) is 11.3 Å². The Labute approximate surface area is 147 Å². The molecule has 2 aromatic heterocycles. The second-order valence-corrected chi connectivity index (χ2v) is 6.05. The van der Waals surface area contributed by atoms with E-state index in [0.29, 0.717) is 6.61 Å². The first kappa shape index (κ1) is 16.0. The Balaban J connectivity index is 1.50. The van der Waals surface area contributed by atoms with Crippen LogP contribution in [0.2, 0.25) is 0 Å². The monoisotopic (exact) mass is 338 g/mol. The van der Waals surface area contributed by atoms with Gasteiger partial charge in [0.15, 0.2) is 0 Å². The van der Waals surface area contributed by atoms with E-state index >= 15 is 0 Å². The van der Waals surface area contributed by atoms with Crippen molar-refractivity contribution in [2.45, 2.75) is 19.7 Å². The molecule has 0 bridgehead atoms. The first-order valence-corrected chi connectivity index (χ1v) is 8.62. The molecule has 25 heavy (non-hydrogen) atoms.